The quantitative estimate of drug-likeness (QED) is 0.107. The second kappa shape index (κ2) is 20.7. The van der Waals surface area contributed by atoms with Gasteiger partial charge in [0.2, 0.25) is 11.8 Å². The van der Waals surface area contributed by atoms with Crippen LogP contribution in [0.3, 0.4) is 0 Å². The third-order valence-corrected chi connectivity index (χ3v) is 11.7. The van der Waals surface area contributed by atoms with Gasteiger partial charge >= 0.3 is 12.5 Å². The molecule has 3 saturated heterocycles. The number of aromatic nitrogens is 3. The molecule has 0 aliphatic carbocycles. The van der Waals surface area contributed by atoms with Gasteiger partial charge < -0.3 is 44.5 Å². The average molecular weight is 909 g/mol. The number of likely N-dealkylation sites (tertiary alicyclic amines) is 1. The minimum atomic E-state index is -4.96. The van der Waals surface area contributed by atoms with Crippen molar-refractivity contribution in [2.24, 2.45) is 17.3 Å². The maximum atomic E-state index is 14.5. The number of alkyl halides is 3. The Kier molecular flexibility index (Phi) is 15.4. The molecule has 3 aliphatic rings. The zero-order valence-corrected chi connectivity index (χ0v) is 37.3. The number of methoxy groups -OCH3 is 1. The molecule has 0 bridgehead atoms. The molecule has 5 heterocycles. The molecular formula is C46H56F4N8O7. The lowest BCUT2D eigenvalue weighted by Crippen LogP contribution is -2.53. The Morgan fingerprint density at radius 2 is 1.63 bits per heavy atom. The topological polar surface area (TPSA) is 171 Å². The number of H-pyrrole nitrogens is 1. The Morgan fingerprint density at radius 1 is 0.954 bits per heavy atom. The average Bonchev–Trinajstić information content (AvgIpc) is 3.95. The number of amides is 3. The Hall–Kier alpha value is -6.24. The van der Waals surface area contributed by atoms with Gasteiger partial charge in [0.25, 0.3) is 0 Å². The number of rotatable bonds is 10. The summed E-state index contributed by atoms with van der Waals surface area (Å²) < 4.78 is 68.3. The van der Waals surface area contributed by atoms with E-state index in [1.807, 2.05) is 38.7 Å². The Balaban J connectivity index is 0.000000292. The van der Waals surface area contributed by atoms with Crippen LogP contribution in [0.25, 0.3) is 22.4 Å². The molecule has 15 nitrogen and oxygen atoms in total. The number of nitrogens with zero attached hydrogens (tertiary/aromatic N) is 5. The number of imidazole rings is 1. The summed E-state index contributed by atoms with van der Waals surface area (Å²) >= 11 is 0. The molecule has 4 aromatic rings. The van der Waals surface area contributed by atoms with Crippen molar-refractivity contribution in [1.82, 2.24) is 30.1 Å². The number of piperazine rings is 1. The molecule has 0 saturated carbocycles. The standard InChI is InChI=1S/C31H35F4N5O5.C15H21N3O2/c1-17-12-25(40(16-17)29(41)27(39-30(42)43-3)20-8-10-44-11-9-20)28-37-15-24(38-28)19-6-4-18(5-7-19)21-13-22(32)23(36-2)14-26(21)45-31(33,34)35;1-15(2,3)14(20)18-8-6-17(7-9-18)13-5-4-12(11-19)10-16-13/h4-7,13-15,17,20,25,27,36H,8-12,16H2,1-3H3,(H,37,38)(H,39,42);4-5,10-11H,6-9H2,1-3H3. The van der Waals surface area contributed by atoms with Crippen LogP contribution in [0.5, 0.6) is 5.75 Å². The number of hydrogen-bond donors (Lipinski definition) is 3. The number of pyridine rings is 1. The van der Waals surface area contributed by atoms with E-state index in [1.54, 1.807) is 47.6 Å². The summed E-state index contributed by atoms with van der Waals surface area (Å²) in [7, 11) is 2.65. The van der Waals surface area contributed by atoms with E-state index in [4.69, 9.17) is 9.47 Å². The van der Waals surface area contributed by atoms with E-state index in [0.29, 0.717) is 80.3 Å². The highest BCUT2D eigenvalue weighted by atomic mass is 19.4. The Labute approximate surface area is 375 Å². The summed E-state index contributed by atoms with van der Waals surface area (Å²) in [4.78, 5) is 66.8. The summed E-state index contributed by atoms with van der Waals surface area (Å²) in [6.07, 6.45) is 0.273. The lowest BCUT2D eigenvalue weighted by atomic mass is 9.90. The highest BCUT2D eigenvalue weighted by molar-refractivity contribution is 5.87. The predicted octanol–water partition coefficient (Wildman–Crippen LogP) is 7.47. The molecule has 3 atom stereocenters. The summed E-state index contributed by atoms with van der Waals surface area (Å²) in [5, 5.41) is 5.25. The van der Waals surface area contributed by atoms with Crippen LogP contribution >= 0.6 is 0 Å². The van der Waals surface area contributed by atoms with Crippen molar-refractivity contribution in [2.45, 2.75) is 65.4 Å². The number of aldehydes is 1. The summed E-state index contributed by atoms with van der Waals surface area (Å²) in [6.45, 7) is 12.4. The largest absolute Gasteiger partial charge is 0.573 e. The number of nitrogens with one attached hydrogen (secondary N) is 3. The van der Waals surface area contributed by atoms with Gasteiger partial charge in [-0.1, -0.05) is 52.0 Å². The number of carbonyl (C=O) groups is 4. The van der Waals surface area contributed by atoms with Crippen molar-refractivity contribution in [1.29, 1.82) is 0 Å². The maximum Gasteiger partial charge on any atom is 0.573 e. The minimum Gasteiger partial charge on any atom is -0.453 e. The summed E-state index contributed by atoms with van der Waals surface area (Å²) in [6, 6.07) is 10.9. The van der Waals surface area contributed by atoms with Gasteiger partial charge in [0, 0.05) is 81.8 Å². The summed E-state index contributed by atoms with van der Waals surface area (Å²) in [5.74, 6) is 0.236. The van der Waals surface area contributed by atoms with E-state index in [9.17, 15) is 36.7 Å². The number of halogens is 4. The molecule has 65 heavy (non-hydrogen) atoms. The molecule has 2 aromatic heterocycles. The van der Waals surface area contributed by atoms with E-state index in [2.05, 4.69) is 35.2 Å². The second-order valence-electron chi connectivity index (χ2n) is 17.4. The third-order valence-electron chi connectivity index (χ3n) is 11.7. The first-order chi connectivity index (χ1) is 30.9. The number of aromatic amines is 1. The number of benzene rings is 2. The fraction of sp³-hybridized carbons (Fsp3) is 0.478. The Bertz CT molecular complexity index is 2270. The SMILES string of the molecule is CC(C)(C)C(=O)N1CCN(c2ccc(C=O)cn2)CC1.CNc1cc(OC(F)(F)F)c(-c2ccc(-c3cnc(C4CC(C)CN4C(=O)C(NC(=O)OC)C4CCOCC4)[nH]3)cc2)cc1F. The molecule has 350 valence electrons. The lowest BCUT2D eigenvalue weighted by molar-refractivity contribution is -0.274. The smallest absolute Gasteiger partial charge is 0.453 e. The molecule has 3 N–H and O–H groups in total. The lowest BCUT2D eigenvalue weighted by Gasteiger charge is -2.38. The van der Waals surface area contributed by atoms with Crippen LogP contribution in [0.2, 0.25) is 0 Å². The van der Waals surface area contributed by atoms with Crippen molar-refractivity contribution in [3.05, 3.63) is 78.1 Å². The fourth-order valence-corrected chi connectivity index (χ4v) is 8.27. The van der Waals surface area contributed by atoms with Gasteiger partial charge in [-0.25, -0.2) is 19.2 Å². The zero-order valence-electron chi connectivity index (χ0n) is 37.3. The maximum absolute atomic E-state index is 14.5. The Morgan fingerprint density at radius 3 is 2.22 bits per heavy atom. The highest BCUT2D eigenvalue weighted by Crippen LogP contribution is 2.39. The normalized spacial score (nSPS) is 18.6. The monoisotopic (exact) mass is 908 g/mol. The number of alkyl carbamates (subject to hydrolysis) is 1. The van der Waals surface area contributed by atoms with Gasteiger partial charge in [-0.2, -0.15) is 0 Å². The van der Waals surface area contributed by atoms with Crippen LogP contribution in [-0.2, 0) is 19.1 Å². The summed E-state index contributed by atoms with van der Waals surface area (Å²) in [5.41, 5.74) is 1.68. The molecule has 7 rings (SSSR count). The third kappa shape index (κ3) is 12.1. The van der Waals surface area contributed by atoms with Crippen LogP contribution < -0.4 is 20.3 Å². The van der Waals surface area contributed by atoms with Crippen LogP contribution in [0.4, 0.5) is 33.9 Å². The van der Waals surface area contributed by atoms with Crippen LogP contribution in [0.1, 0.15) is 69.2 Å². The first-order valence-corrected chi connectivity index (χ1v) is 21.5. The number of ether oxygens (including phenoxy) is 3. The van der Waals surface area contributed by atoms with E-state index < -0.39 is 30.1 Å². The van der Waals surface area contributed by atoms with E-state index in [-0.39, 0.29) is 46.4 Å². The number of hydrogen-bond acceptors (Lipinski definition) is 11. The van der Waals surface area contributed by atoms with Crippen LogP contribution in [0, 0.1) is 23.1 Å². The number of carbonyl (C=O) groups excluding carboxylic acids is 4. The molecule has 0 radical (unpaired) electrons. The van der Waals surface area contributed by atoms with Crippen molar-refractivity contribution in [3.63, 3.8) is 0 Å². The highest BCUT2D eigenvalue weighted by Gasteiger charge is 2.42. The molecule has 3 unspecified atom stereocenters. The van der Waals surface area contributed by atoms with Gasteiger partial charge in [0.05, 0.1) is 30.7 Å². The first kappa shape index (κ1) is 48.2. The minimum absolute atomic E-state index is 0.0607. The fourth-order valence-electron chi connectivity index (χ4n) is 8.27. The molecule has 2 aromatic carbocycles. The second-order valence-corrected chi connectivity index (χ2v) is 17.4. The molecule has 3 aliphatic heterocycles. The van der Waals surface area contributed by atoms with Crippen molar-refractivity contribution >= 4 is 35.7 Å². The number of anilines is 2. The van der Waals surface area contributed by atoms with E-state index >= 15 is 0 Å². The van der Waals surface area contributed by atoms with E-state index in [0.717, 1.165) is 37.3 Å². The van der Waals surface area contributed by atoms with Gasteiger partial charge in [-0.3, -0.25) is 14.4 Å². The van der Waals surface area contributed by atoms with Gasteiger partial charge in [-0.15, -0.1) is 13.2 Å². The molecule has 3 amide bonds. The molecule has 3 fully saturated rings. The van der Waals surface area contributed by atoms with Crippen molar-refractivity contribution in [2.75, 3.05) is 70.3 Å². The van der Waals surface area contributed by atoms with Crippen LogP contribution in [-0.4, -0.2) is 121 Å². The predicted molar refractivity (Wildman–Crippen MR) is 235 cm³/mol. The molecule has 0 spiro atoms. The van der Waals surface area contributed by atoms with Crippen molar-refractivity contribution in [3.8, 4) is 28.1 Å². The van der Waals surface area contributed by atoms with Gasteiger partial charge in [0.1, 0.15) is 29.3 Å². The zero-order chi connectivity index (χ0) is 47.1. The molecule has 19 heteroatoms. The van der Waals surface area contributed by atoms with Gasteiger partial charge in [-0.05, 0) is 60.4 Å². The van der Waals surface area contributed by atoms with Crippen molar-refractivity contribution < 1.29 is 51.0 Å². The molecular weight excluding hydrogens is 853 g/mol. The van der Waals surface area contributed by atoms with Gasteiger partial charge in [0.15, 0.2) is 6.29 Å². The van der Waals surface area contributed by atoms with Crippen LogP contribution in [0.15, 0.2) is 60.9 Å². The first-order valence-electron chi connectivity index (χ1n) is 21.5. The van der Waals surface area contributed by atoms with E-state index in [1.165, 1.54) is 14.2 Å².